The number of aromatic hydroxyl groups is 1. The number of methoxy groups -OCH3 is 1. The second-order valence-electron chi connectivity index (χ2n) is 5.25. The van der Waals surface area contributed by atoms with Crippen LogP contribution >= 0.6 is 0 Å². The van der Waals surface area contributed by atoms with Gasteiger partial charge >= 0.3 is 0 Å². The minimum atomic E-state index is -0.833. The molecule has 1 atom stereocenters. The van der Waals surface area contributed by atoms with E-state index in [1.807, 2.05) is 6.92 Å². The van der Waals surface area contributed by atoms with Crippen molar-refractivity contribution in [3.8, 4) is 11.5 Å². The van der Waals surface area contributed by atoms with Crippen molar-refractivity contribution in [2.24, 2.45) is 0 Å². The van der Waals surface area contributed by atoms with Gasteiger partial charge in [0.05, 0.1) is 19.8 Å². The Morgan fingerprint density at radius 3 is 2.67 bits per heavy atom. The fourth-order valence-electron chi connectivity index (χ4n) is 2.09. The van der Waals surface area contributed by atoms with E-state index in [1.54, 1.807) is 29.2 Å². The Labute approximate surface area is 141 Å². The number of morpholine rings is 1. The number of carboxylic acid groups (broad SMARTS) is 1. The van der Waals surface area contributed by atoms with Gasteiger partial charge in [0.15, 0.2) is 11.5 Å². The lowest BCUT2D eigenvalue weighted by Crippen LogP contribution is -2.43. The number of ether oxygens (including phenoxy) is 2. The maximum atomic E-state index is 12.0. The zero-order valence-corrected chi connectivity index (χ0v) is 14.1. The van der Waals surface area contributed by atoms with E-state index >= 15 is 0 Å². The number of phenols is 1. The number of hydrogen-bond acceptors (Lipinski definition) is 5. The zero-order valence-electron chi connectivity index (χ0n) is 14.1. The number of rotatable bonds is 3. The van der Waals surface area contributed by atoms with Crippen molar-refractivity contribution in [3.63, 3.8) is 0 Å². The fourth-order valence-corrected chi connectivity index (χ4v) is 2.09. The summed E-state index contributed by atoms with van der Waals surface area (Å²) >= 11 is 0. The Bertz CT molecular complexity index is 595. The number of amides is 1. The molecule has 1 amide bonds. The van der Waals surface area contributed by atoms with Gasteiger partial charge in [-0.25, -0.2) is 0 Å². The highest BCUT2D eigenvalue weighted by atomic mass is 16.5. The SMILES string of the molecule is CC(=O)O.COc1cc(/C=C/C(=O)N2CCOC(C)C2)ccc1O. The predicted molar refractivity (Wildman–Crippen MR) is 89.0 cm³/mol. The van der Waals surface area contributed by atoms with E-state index < -0.39 is 5.97 Å². The molecule has 2 N–H and O–H groups in total. The number of carbonyl (C=O) groups is 2. The summed E-state index contributed by atoms with van der Waals surface area (Å²) in [4.78, 5) is 22.8. The Morgan fingerprint density at radius 2 is 2.08 bits per heavy atom. The molecule has 1 heterocycles. The summed E-state index contributed by atoms with van der Waals surface area (Å²) < 4.78 is 10.4. The number of carbonyl (C=O) groups excluding carboxylic acids is 1. The van der Waals surface area contributed by atoms with Gasteiger partial charge in [0.1, 0.15) is 0 Å². The van der Waals surface area contributed by atoms with Crippen LogP contribution in [-0.4, -0.2) is 59.9 Å². The highest BCUT2D eigenvalue weighted by molar-refractivity contribution is 5.92. The molecule has 1 aliphatic rings. The van der Waals surface area contributed by atoms with Crippen LogP contribution in [0.4, 0.5) is 0 Å². The molecule has 1 saturated heterocycles. The zero-order chi connectivity index (χ0) is 18.1. The average Bonchev–Trinajstić information content (AvgIpc) is 2.53. The molecule has 1 aliphatic heterocycles. The van der Waals surface area contributed by atoms with Crippen LogP contribution in [0.3, 0.4) is 0 Å². The Kier molecular flexibility index (Phi) is 7.77. The quantitative estimate of drug-likeness (QED) is 0.816. The highest BCUT2D eigenvalue weighted by Gasteiger charge is 2.19. The van der Waals surface area contributed by atoms with Crippen LogP contribution in [0, 0.1) is 0 Å². The second-order valence-corrected chi connectivity index (χ2v) is 5.25. The molecule has 0 spiro atoms. The summed E-state index contributed by atoms with van der Waals surface area (Å²) in [5, 5.41) is 16.9. The van der Waals surface area contributed by atoms with Crippen LogP contribution in [0.25, 0.3) is 6.08 Å². The maximum Gasteiger partial charge on any atom is 0.300 e. The molecule has 2 rings (SSSR count). The van der Waals surface area contributed by atoms with Gasteiger partial charge in [-0.15, -0.1) is 0 Å². The van der Waals surface area contributed by atoms with E-state index in [1.165, 1.54) is 13.2 Å². The minimum absolute atomic E-state index is 0.0350. The van der Waals surface area contributed by atoms with E-state index in [0.717, 1.165) is 12.5 Å². The normalized spacial score (nSPS) is 17.1. The van der Waals surface area contributed by atoms with Gasteiger partial charge in [-0.3, -0.25) is 9.59 Å². The Balaban J connectivity index is 0.000000648. The van der Waals surface area contributed by atoms with Gasteiger partial charge < -0.3 is 24.6 Å². The summed E-state index contributed by atoms with van der Waals surface area (Å²) in [6, 6.07) is 4.95. The topological polar surface area (TPSA) is 96.3 Å². The van der Waals surface area contributed by atoms with Gasteiger partial charge in [-0.2, -0.15) is 0 Å². The number of aliphatic carboxylic acids is 1. The first kappa shape index (κ1) is 19.5. The Hall–Kier alpha value is -2.54. The largest absolute Gasteiger partial charge is 0.504 e. The molecular formula is C17H23NO6. The van der Waals surface area contributed by atoms with Crippen molar-refractivity contribution in [2.75, 3.05) is 26.8 Å². The predicted octanol–water partition coefficient (Wildman–Crippen LogP) is 1.75. The van der Waals surface area contributed by atoms with Crippen LogP contribution in [-0.2, 0) is 14.3 Å². The van der Waals surface area contributed by atoms with Crippen molar-refractivity contribution in [3.05, 3.63) is 29.8 Å². The summed E-state index contributed by atoms with van der Waals surface area (Å²) in [7, 11) is 1.49. The van der Waals surface area contributed by atoms with Crippen molar-refractivity contribution >= 4 is 18.0 Å². The third-order valence-corrected chi connectivity index (χ3v) is 3.17. The van der Waals surface area contributed by atoms with Crippen LogP contribution in [0.2, 0.25) is 0 Å². The maximum absolute atomic E-state index is 12.0. The summed E-state index contributed by atoms with van der Waals surface area (Å²) in [5.41, 5.74) is 0.800. The van der Waals surface area contributed by atoms with Gasteiger partial charge in [0.2, 0.25) is 5.91 Å². The van der Waals surface area contributed by atoms with E-state index in [2.05, 4.69) is 0 Å². The molecule has 0 radical (unpaired) electrons. The van der Waals surface area contributed by atoms with E-state index in [-0.39, 0.29) is 17.8 Å². The van der Waals surface area contributed by atoms with E-state index in [4.69, 9.17) is 19.4 Å². The molecule has 132 valence electrons. The van der Waals surface area contributed by atoms with Gasteiger partial charge in [0.25, 0.3) is 5.97 Å². The lowest BCUT2D eigenvalue weighted by Gasteiger charge is -2.30. The molecule has 7 nitrogen and oxygen atoms in total. The van der Waals surface area contributed by atoms with Gasteiger partial charge in [-0.05, 0) is 30.7 Å². The number of phenolic OH excluding ortho intramolecular Hbond substituents is 1. The average molecular weight is 337 g/mol. The molecule has 0 saturated carbocycles. The smallest absolute Gasteiger partial charge is 0.300 e. The molecule has 1 aromatic carbocycles. The number of benzene rings is 1. The first-order chi connectivity index (χ1) is 11.3. The van der Waals surface area contributed by atoms with Crippen LogP contribution < -0.4 is 4.74 Å². The first-order valence-corrected chi connectivity index (χ1v) is 7.48. The number of nitrogens with zero attached hydrogens (tertiary/aromatic N) is 1. The van der Waals surface area contributed by atoms with Crippen molar-refractivity contribution in [1.29, 1.82) is 0 Å². The van der Waals surface area contributed by atoms with Crippen LogP contribution in [0.1, 0.15) is 19.4 Å². The number of carboxylic acids is 1. The molecule has 0 aliphatic carbocycles. The molecule has 24 heavy (non-hydrogen) atoms. The molecule has 0 bridgehead atoms. The molecular weight excluding hydrogens is 314 g/mol. The van der Waals surface area contributed by atoms with Gasteiger partial charge in [0, 0.05) is 26.1 Å². The number of hydrogen-bond donors (Lipinski definition) is 2. The van der Waals surface area contributed by atoms with E-state index in [0.29, 0.717) is 25.4 Å². The summed E-state index contributed by atoms with van der Waals surface area (Å²) in [6.45, 7) is 4.84. The van der Waals surface area contributed by atoms with Gasteiger partial charge in [-0.1, -0.05) is 6.07 Å². The minimum Gasteiger partial charge on any atom is -0.504 e. The third-order valence-electron chi connectivity index (χ3n) is 3.17. The molecule has 1 fully saturated rings. The van der Waals surface area contributed by atoms with Crippen LogP contribution in [0.15, 0.2) is 24.3 Å². The Morgan fingerprint density at radius 1 is 1.42 bits per heavy atom. The molecule has 7 heteroatoms. The van der Waals surface area contributed by atoms with Crippen molar-refractivity contribution < 1.29 is 29.3 Å². The lowest BCUT2D eigenvalue weighted by molar-refractivity contribution is -0.134. The molecule has 1 aromatic rings. The highest BCUT2D eigenvalue weighted by Crippen LogP contribution is 2.26. The lowest BCUT2D eigenvalue weighted by atomic mass is 10.2. The van der Waals surface area contributed by atoms with Crippen LogP contribution in [0.5, 0.6) is 11.5 Å². The molecule has 1 unspecified atom stereocenters. The summed E-state index contributed by atoms with van der Waals surface area (Å²) in [6.07, 6.45) is 3.32. The van der Waals surface area contributed by atoms with E-state index in [9.17, 15) is 9.90 Å². The van der Waals surface area contributed by atoms with Crippen molar-refractivity contribution in [1.82, 2.24) is 4.90 Å². The summed E-state index contributed by atoms with van der Waals surface area (Å²) in [5.74, 6) is -0.398. The van der Waals surface area contributed by atoms with Crippen molar-refractivity contribution in [2.45, 2.75) is 20.0 Å². The fraction of sp³-hybridized carbons (Fsp3) is 0.412. The third kappa shape index (κ3) is 6.70. The molecule has 0 aromatic heterocycles. The first-order valence-electron chi connectivity index (χ1n) is 7.48. The second kappa shape index (κ2) is 9.57. The monoisotopic (exact) mass is 337 g/mol. The standard InChI is InChI=1S/C15H19NO4.C2H4O2/c1-11-10-16(7-8-20-11)15(18)6-4-12-3-5-13(17)14(9-12)19-2;1-2(3)4/h3-6,9,11,17H,7-8,10H2,1-2H3;1H3,(H,3,4)/b6-4+;.